The van der Waals surface area contributed by atoms with Gasteiger partial charge in [0.05, 0.1) is 33.1 Å². The molecule has 42 heavy (non-hydrogen) atoms. The summed E-state index contributed by atoms with van der Waals surface area (Å²) in [6.45, 7) is 1.90. The second-order valence-corrected chi connectivity index (χ2v) is 14.9. The Kier molecular flexibility index (Phi) is 5.85. The first kappa shape index (κ1) is 26.8. The van der Waals surface area contributed by atoms with Gasteiger partial charge in [0.2, 0.25) is 10.0 Å². The van der Waals surface area contributed by atoms with Gasteiger partial charge in [-0.2, -0.15) is 5.26 Å². The van der Waals surface area contributed by atoms with Gasteiger partial charge in [0.1, 0.15) is 5.82 Å². The zero-order chi connectivity index (χ0) is 29.3. The largest absolute Gasteiger partial charge is 0.274 e. The number of fused-ring (bicyclic) bond motifs is 6. The zero-order valence-corrected chi connectivity index (χ0v) is 24.4. The third-order valence-electron chi connectivity index (χ3n) is 8.96. The Balaban J connectivity index is 1.22. The number of nitrogens with one attached hydrogen (secondary N) is 1. The van der Waals surface area contributed by atoms with Gasteiger partial charge in [-0.25, -0.2) is 30.5 Å². The van der Waals surface area contributed by atoms with E-state index in [1.165, 1.54) is 28.5 Å². The molecule has 3 saturated carbocycles. The highest BCUT2D eigenvalue weighted by atomic mass is 32.2. The number of aryl methyl sites for hydroxylation is 1. The van der Waals surface area contributed by atoms with Crippen molar-refractivity contribution in [2.45, 2.75) is 66.2 Å². The standard InChI is InChI=1S/C29H27N7O4S2/c1-20-5-7-22(8-6-20)42(39,40)35-16-9-24-26(35)31-19-25-32-33-27(36(24)25)28-10-13-29(14-11-28,15-12-28)34-41(37,38)23-4-2-3-21(17-23)18-30/h2-9,16-17,19,34H,10-15H2,1H3. The van der Waals surface area contributed by atoms with Crippen LogP contribution in [0.4, 0.5) is 0 Å². The Labute approximate surface area is 242 Å². The van der Waals surface area contributed by atoms with Crippen molar-refractivity contribution < 1.29 is 16.8 Å². The molecule has 0 aliphatic heterocycles. The van der Waals surface area contributed by atoms with Crippen LogP contribution >= 0.6 is 0 Å². The molecule has 2 aromatic carbocycles. The van der Waals surface area contributed by atoms with Crippen LogP contribution in [0.15, 0.2) is 76.8 Å². The normalized spacial score (nSPS) is 22.5. The van der Waals surface area contributed by atoms with E-state index in [1.54, 1.807) is 42.5 Å². The molecule has 2 bridgehead atoms. The molecule has 3 aliphatic rings. The first-order valence-corrected chi connectivity index (χ1v) is 16.6. The Hall–Kier alpha value is -4.12. The maximum atomic E-state index is 13.5. The van der Waals surface area contributed by atoms with E-state index in [2.05, 4.69) is 19.9 Å². The average Bonchev–Trinajstić information content (AvgIpc) is 3.63. The summed E-state index contributed by atoms with van der Waals surface area (Å²) in [6.07, 6.45) is 7.00. The maximum absolute atomic E-state index is 13.5. The van der Waals surface area contributed by atoms with E-state index < -0.39 is 25.6 Å². The van der Waals surface area contributed by atoms with Gasteiger partial charge in [-0.1, -0.05) is 23.8 Å². The predicted molar refractivity (Wildman–Crippen MR) is 154 cm³/mol. The quantitative estimate of drug-likeness (QED) is 0.308. The molecule has 0 amide bonds. The number of sulfonamides is 1. The van der Waals surface area contributed by atoms with Gasteiger partial charge in [0, 0.05) is 17.2 Å². The van der Waals surface area contributed by atoms with Gasteiger partial charge >= 0.3 is 0 Å². The fourth-order valence-electron chi connectivity index (χ4n) is 6.54. The second kappa shape index (κ2) is 9.19. The van der Waals surface area contributed by atoms with Crippen LogP contribution in [0, 0.1) is 18.3 Å². The topological polar surface area (TPSA) is 152 Å². The molecule has 11 nitrogen and oxygen atoms in total. The van der Waals surface area contributed by atoms with E-state index in [0.717, 1.165) is 11.4 Å². The van der Waals surface area contributed by atoms with Crippen molar-refractivity contribution in [3.05, 3.63) is 83.9 Å². The number of aromatic nitrogens is 5. The lowest BCUT2D eigenvalue weighted by Crippen LogP contribution is -2.58. The van der Waals surface area contributed by atoms with Gasteiger partial charge in [0.15, 0.2) is 11.3 Å². The van der Waals surface area contributed by atoms with Crippen molar-refractivity contribution >= 4 is 36.9 Å². The molecule has 0 saturated heterocycles. The SMILES string of the molecule is Cc1ccc(S(=O)(=O)n2ccc3c2ncc2nnc(C45CCC(NS(=O)(=O)c6cccc(C#N)c6)(CC4)CC5)n23)cc1. The molecule has 3 heterocycles. The number of hydrogen-bond acceptors (Lipinski definition) is 8. The van der Waals surface area contributed by atoms with Crippen LogP contribution in [0.3, 0.4) is 0 Å². The van der Waals surface area contributed by atoms with E-state index in [4.69, 9.17) is 0 Å². The molecule has 3 fully saturated rings. The summed E-state index contributed by atoms with van der Waals surface area (Å²) >= 11 is 0. The van der Waals surface area contributed by atoms with Gasteiger partial charge in [-0.05, 0) is 81.8 Å². The molecule has 214 valence electrons. The van der Waals surface area contributed by atoms with Crippen molar-refractivity contribution in [3.8, 4) is 6.07 Å². The van der Waals surface area contributed by atoms with Crippen LogP contribution in [0.1, 0.15) is 55.5 Å². The van der Waals surface area contributed by atoms with Gasteiger partial charge < -0.3 is 0 Å². The van der Waals surface area contributed by atoms with Crippen molar-refractivity contribution in [2.75, 3.05) is 0 Å². The van der Waals surface area contributed by atoms with Crippen LogP contribution in [0.2, 0.25) is 0 Å². The number of nitriles is 1. The molecule has 3 aromatic heterocycles. The zero-order valence-electron chi connectivity index (χ0n) is 22.7. The molecule has 0 atom stereocenters. The summed E-state index contributed by atoms with van der Waals surface area (Å²) in [5.74, 6) is 0.744. The summed E-state index contributed by atoms with van der Waals surface area (Å²) in [6, 6.07) is 16.5. The lowest BCUT2D eigenvalue weighted by molar-refractivity contribution is 0.0882. The van der Waals surface area contributed by atoms with Crippen LogP contribution in [-0.2, 0) is 25.5 Å². The fraction of sp³-hybridized carbons (Fsp3) is 0.310. The molecular formula is C29H27N7O4S2. The first-order valence-electron chi connectivity index (χ1n) is 13.6. The van der Waals surface area contributed by atoms with Crippen molar-refractivity contribution in [1.29, 1.82) is 5.26 Å². The van der Waals surface area contributed by atoms with Crippen LogP contribution < -0.4 is 4.72 Å². The maximum Gasteiger partial charge on any atom is 0.269 e. The fourth-order valence-corrected chi connectivity index (χ4v) is 9.37. The number of nitrogens with zero attached hydrogens (tertiary/aromatic N) is 6. The third-order valence-corrected chi connectivity index (χ3v) is 12.2. The summed E-state index contributed by atoms with van der Waals surface area (Å²) in [5.41, 5.74) is 1.75. The van der Waals surface area contributed by atoms with E-state index in [9.17, 15) is 22.1 Å². The average molecular weight is 602 g/mol. The summed E-state index contributed by atoms with van der Waals surface area (Å²) in [7, 11) is -7.69. The van der Waals surface area contributed by atoms with Gasteiger partial charge in [-0.15, -0.1) is 10.2 Å². The Morgan fingerprint density at radius 2 is 1.62 bits per heavy atom. The highest BCUT2D eigenvalue weighted by molar-refractivity contribution is 7.90. The summed E-state index contributed by atoms with van der Waals surface area (Å²) < 4.78 is 59.6. The van der Waals surface area contributed by atoms with Crippen LogP contribution in [-0.4, -0.2) is 45.9 Å². The van der Waals surface area contributed by atoms with Crippen LogP contribution in [0.25, 0.3) is 16.8 Å². The summed E-state index contributed by atoms with van der Waals surface area (Å²) in [4.78, 5) is 4.71. The molecular weight excluding hydrogens is 574 g/mol. The van der Waals surface area contributed by atoms with E-state index in [0.29, 0.717) is 55.3 Å². The lowest BCUT2D eigenvalue weighted by atomic mass is 9.57. The van der Waals surface area contributed by atoms with Gasteiger partial charge in [0.25, 0.3) is 10.0 Å². The molecule has 0 radical (unpaired) electrons. The monoisotopic (exact) mass is 601 g/mol. The number of benzene rings is 2. The Morgan fingerprint density at radius 1 is 0.905 bits per heavy atom. The third kappa shape index (κ3) is 4.05. The highest BCUT2D eigenvalue weighted by Crippen LogP contribution is 2.53. The molecule has 0 spiro atoms. The molecule has 1 N–H and O–H groups in total. The second-order valence-electron chi connectivity index (χ2n) is 11.4. The molecule has 3 aliphatic carbocycles. The minimum Gasteiger partial charge on any atom is -0.274 e. The Bertz CT molecular complexity index is 2120. The van der Waals surface area contributed by atoms with Crippen molar-refractivity contribution in [3.63, 3.8) is 0 Å². The molecule has 13 heteroatoms. The predicted octanol–water partition coefficient (Wildman–Crippen LogP) is 3.82. The van der Waals surface area contributed by atoms with Crippen molar-refractivity contribution in [2.24, 2.45) is 0 Å². The Morgan fingerprint density at radius 3 is 2.31 bits per heavy atom. The molecule has 8 rings (SSSR count). The first-order chi connectivity index (χ1) is 20.1. The van der Waals surface area contributed by atoms with E-state index >= 15 is 0 Å². The highest BCUT2D eigenvalue weighted by Gasteiger charge is 2.53. The van der Waals surface area contributed by atoms with Crippen LogP contribution in [0.5, 0.6) is 0 Å². The molecule has 0 unspecified atom stereocenters. The van der Waals surface area contributed by atoms with Gasteiger partial charge in [-0.3, -0.25) is 4.40 Å². The molecule has 5 aromatic rings. The minimum absolute atomic E-state index is 0.0850. The lowest BCUT2D eigenvalue weighted by Gasteiger charge is -2.52. The minimum atomic E-state index is -3.88. The van der Waals surface area contributed by atoms with Crippen molar-refractivity contribution in [1.82, 2.24) is 28.3 Å². The number of rotatable bonds is 6. The van der Waals surface area contributed by atoms with E-state index in [1.807, 2.05) is 17.4 Å². The number of hydrogen-bond donors (Lipinski definition) is 1. The summed E-state index contributed by atoms with van der Waals surface area (Å²) in [5, 5.41) is 18.2. The smallest absolute Gasteiger partial charge is 0.269 e. The van der Waals surface area contributed by atoms with E-state index in [-0.39, 0.29) is 20.9 Å².